The first-order valence-corrected chi connectivity index (χ1v) is 17.8. The van der Waals surface area contributed by atoms with E-state index in [0.717, 1.165) is 51.2 Å². The zero-order valence-corrected chi connectivity index (χ0v) is 27.3. The molecule has 1 aliphatic carbocycles. The molecule has 2 fully saturated rings. The number of unbranched alkanes of at least 4 members (excludes halogenated alkanes) is 3. The highest BCUT2D eigenvalue weighted by Gasteiger charge is 2.45. The van der Waals surface area contributed by atoms with Crippen molar-refractivity contribution in [1.82, 2.24) is 0 Å². The van der Waals surface area contributed by atoms with Crippen LogP contribution >= 0.6 is 0 Å². The molecule has 44 heavy (non-hydrogen) atoms. The molecule has 0 N–H and O–H groups in total. The minimum absolute atomic E-state index is 0.181. The lowest BCUT2D eigenvalue weighted by Gasteiger charge is -2.27. The van der Waals surface area contributed by atoms with Gasteiger partial charge in [0.05, 0.1) is 31.1 Å². The molecule has 10 heteroatoms. The predicted octanol–water partition coefficient (Wildman–Crippen LogP) is 6.53. The quantitative estimate of drug-likeness (QED) is 0.0769. The molecule has 1 saturated heterocycles. The number of esters is 2. The number of ether oxygens (including phenoxy) is 4. The fourth-order valence-corrected chi connectivity index (χ4v) is 6.48. The zero-order chi connectivity index (χ0) is 31.8. The maximum Gasteiger partial charge on any atom is 0.338 e. The van der Waals surface area contributed by atoms with E-state index < -0.39 is 28.3 Å². The summed E-state index contributed by atoms with van der Waals surface area (Å²) in [6, 6.07) is 8.77. The van der Waals surface area contributed by atoms with E-state index in [1.54, 1.807) is 24.3 Å². The number of carbonyl (C=O) groups is 2. The molecule has 1 unspecified atom stereocenters. The van der Waals surface area contributed by atoms with Crippen LogP contribution in [0.3, 0.4) is 0 Å². The summed E-state index contributed by atoms with van der Waals surface area (Å²) in [5.74, 6) is -1.29. The van der Waals surface area contributed by atoms with E-state index in [-0.39, 0.29) is 36.6 Å². The van der Waals surface area contributed by atoms with Gasteiger partial charge in [0.15, 0.2) is 6.29 Å². The first kappa shape index (κ1) is 35.9. The van der Waals surface area contributed by atoms with Crippen molar-refractivity contribution in [1.29, 1.82) is 0 Å². The van der Waals surface area contributed by atoms with Crippen LogP contribution < -0.4 is 0 Å². The van der Waals surface area contributed by atoms with Crippen LogP contribution in [0, 0.1) is 11.8 Å². The first-order valence-electron chi connectivity index (χ1n) is 16.0. The second kappa shape index (κ2) is 19.1. The van der Waals surface area contributed by atoms with Crippen molar-refractivity contribution in [3.8, 4) is 0 Å². The summed E-state index contributed by atoms with van der Waals surface area (Å²) in [6.45, 7) is 2.85. The molecule has 0 spiro atoms. The highest BCUT2D eigenvalue weighted by molar-refractivity contribution is 7.86. The Labute approximate surface area is 263 Å². The summed E-state index contributed by atoms with van der Waals surface area (Å²) in [6.07, 6.45) is 16.8. The van der Waals surface area contributed by atoms with E-state index in [0.29, 0.717) is 37.9 Å². The lowest BCUT2D eigenvalue weighted by Crippen LogP contribution is -2.28. The summed E-state index contributed by atoms with van der Waals surface area (Å²) in [5, 5.41) is 0. The van der Waals surface area contributed by atoms with Gasteiger partial charge in [0.25, 0.3) is 10.1 Å². The monoisotopic (exact) mass is 634 g/mol. The Morgan fingerprint density at radius 2 is 1.86 bits per heavy atom. The van der Waals surface area contributed by atoms with Crippen molar-refractivity contribution in [3.05, 3.63) is 60.2 Å². The number of hydrogen-bond acceptors (Lipinski definition) is 9. The van der Waals surface area contributed by atoms with E-state index in [2.05, 4.69) is 6.92 Å². The molecular formula is C34H50O9S. The van der Waals surface area contributed by atoms with Gasteiger partial charge < -0.3 is 18.9 Å². The molecule has 9 nitrogen and oxygen atoms in total. The number of carbonyl (C=O) groups excluding carboxylic acids is 2. The number of rotatable bonds is 18. The molecule has 2 aliphatic rings. The topological polar surface area (TPSA) is 114 Å². The van der Waals surface area contributed by atoms with Crippen molar-refractivity contribution in [2.75, 3.05) is 20.0 Å². The van der Waals surface area contributed by atoms with Crippen molar-refractivity contribution >= 4 is 22.1 Å². The molecule has 1 aromatic rings. The molecule has 1 aliphatic heterocycles. The number of hydrogen-bond donors (Lipinski definition) is 0. The van der Waals surface area contributed by atoms with Crippen LogP contribution in [0.25, 0.3) is 0 Å². The lowest BCUT2D eigenvalue weighted by molar-refractivity contribution is -0.179. The molecule has 3 rings (SSSR count). The van der Waals surface area contributed by atoms with E-state index in [9.17, 15) is 18.0 Å². The Morgan fingerprint density at radius 1 is 1.07 bits per heavy atom. The number of benzene rings is 1. The second-order valence-corrected chi connectivity index (χ2v) is 13.3. The lowest BCUT2D eigenvalue weighted by atomic mass is 9.89. The van der Waals surface area contributed by atoms with Gasteiger partial charge >= 0.3 is 11.9 Å². The summed E-state index contributed by atoms with van der Waals surface area (Å²) >= 11 is 0. The Morgan fingerprint density at radius 3 is 2.55 bits per heavy atom. The third-order valence-corrected chi connectivity index (χ3v) is 8.69. The normalized spacial score (nSPS) is 24.9. The van der Waals surface area contributed by atoms with E-state index in [1.165, 1.54) is 7.11 Å². The van der Waals surface area contributed by atoms with E-state index in [4.69, 9.17) is 23.1 Å². The SMILES string of the molecule is CCCCC[C@H](/C=C/[C@@H]1[C@@H](C/C=C\CCCC(=O)OC)[C@@H](OS(C)(=O)=O)C[C@H]1OC(=O)c1ccccc1)OC1CCCCO1. The molecule has 0 aromatic heterocycles. The van der Waals surface area contributed by atoms with Gasteiger partial charge in [0.2, 0.25) is 0 Å². The summed E-state index contributed by atoms with van der Waals surface area (Å²) in [4.78, 5) is 24.6. The smallest absolute Gasteiger partial charge is 0.338 e. The molecule has 0 bridgehead atoms. The Balaban J connectivity index is 1.85. The zero-order valence-electron chi connectivity index (χ0n) is 26.4. The van der Waals surface area contributed by atoms with Crippen LogP contribution in [0.5, 0.6) is 0 Å². The third kappa shape index (κ3) is 12.8. The maximum absolute atomic E-state index is 13.1. The molecule has 1 heterocycles. The molecule has 0 radical (unpaired) electrons. The largest absolute Gasteiger partial charge is 0.469 e. The van der Waals surface area contributed by atoms with Crippen LogP contribution in [0.2, 0.25) is 0 Å². The van der Waals surface area contributed by atoms with Crippen LogP contribution in [0.15, 0.2) is 54.6 Å². The highest BCUT2D eigenvalue weighted by Crippen LogP contribution is 2.41. The van der Waals surface area contributed by atoms with Crippen LogP contribution in [-0.2, 0) is 38.0 Å². The fourth-order valence-electron chi connectivity index (χ4n) is 5.81. The van der Waals surface area contributed by atoms with Gasteiger partial charge in [-0.05, 0) is 63.0 Å². The minimum Gasteiger partial charge on any atom is -0.469 e. The minimum atomic E-state index is -3.77. The average Bonchev–Trinajstić information content (AvgIpc) is 3.31. The molecule has 1 saturated carbocycles. The van der Waals surface area contributed by atoms with E-state index >= 15 is 0 Å². The summed E-state index contributed by atoms with van der Waals surface area (Å²) < 4.78 is 53.2. The number of methoxy groups -OCH3 is 1. The third-order valence-electron chi connectivity index (χ3n) is 8.09. The molecule has 6 atom stereocenters. The van der Waals surface area contributed by atoms with Gasteiger partial charge in [-0.2, -0.15) is 8.42 Å². The Hall–Kier alpha value is -2.53. The molecule has 1 aromatic carbocycles. The fraction of sp³-hybridized carbons (Fsp3) is 0.647. The highest BCUT2D eigenvalue weighted by atomic mass is 32.2. The van der Waals surface area contributed by atoms with Crippen LogP contribution in [0.4, 0.5) is 0 Å². The van der Waals surface area contributed by atoms with E-state index in [1.807, 2.05) is 30.4 Å². The second-order valence-electron chi connectivity index (χ2n) is 11.7. The van der Waals surface area contributed by atoms with Crippen molar-refractivity contribution < 1.29 is 41.1 Å². The molecule has 0 amide bonds. The van der Waals surface area contributed by atoms with Crippen molar-refractivity contribution in [3.63, 3.8) is 0 Å². The van der Waals surface area contributed by atoms with Gasteiger partial charge in [0.1, 0.15) is 6.10 Å². The van der Waals surface area contributed by atoms with Gasteiger partial charge in [-0.1, -0.05) is 68.7 Å². The van der Waals surface area contributed by atoms with Crippen molar-refractivity contribution in [2.24, 2.45) is 11.8 Å². The summed E-state index contributed by atoms with van der Waals surface area (Å²) in [7, 11) is -2.39. The predicted molar refractivity (Wildman–Crippen MR) is 168 cm³/mol. The van der Waals surface area contributed by atoms with Crippen LogP contribution in [0.1, 0.15) is 94.3 Å². The average molecular weight is 635 g/mol. The first-order chi connectivity index (χ1) is 21.2. The summed E-state index contributed by atoms with van der Waals surface area (Å²) in [5.41, 5.74) is 0.431. The Kier molecular flexibility index (Phi) is 15.6. The van der Waals surface area contributed by atoms with Crippen molar-refractivity contribution in [2.45, 2.75) is 109 Å². The maximum atomic E-state index is 13.1. The number of allylic oxidation sites excluding steroid dienone is 2. The standard InChI is InChI=1S/C34H50O9S/c1-4-5-9-18-27(41-33-21-14-15-24-40-33)22-23-29-28(19-12-6-7-13-20-32(35)39-2)31(43-44(3,37)38)25-30(29)42-34(36)26-16-10-8-11-17-26/h6,8,10-12,16-17,22-23,27-31,33H,4-5,7,9,13-15,18-21,24-25H2,1-3H3/b12-6-,23-22+/t27-,28-,29-,30-,31+,33?/m1/s1. The Bertz CT molecular complexity index is 1160. The molecule has 246 valence electrons. The van der Waals surface area contributed by atoms with Gasteiger partial charge in [-0.25, -0.2) is 4.79 Å². The van der Waals surface area contributed by atoms with Crippen LogP contribution in [-0.4, -0.2) is 64.9 Å². The van der Waals surface area contributed by atoms with Gasteiger partial charge in [-0.3, -0.25) is 8.98 Å². The molecular weight excluding hydrogens is 584 g/mol. The van der Waals surface area contributed by atoms with Gasteiger partial charge in [-0.15, -0.1) is 0 Å². The van der Waals surface area contributed by atoms with Gasteiger partial charge in [0, 0.05) is 25.4 Å².